The van der Waals surface area contributed by atoms with Crippen LogP contribution < -0.4 is 11.4 Å². The molecule has 1 aromatic heterocycles. The van der Waals surface area contributed by atoms with Crippen LogP contribution in [0.15, 0.2) is 16.9 Å². The summed E-state index contributed by atoms with van der Waals surface area (Å²) in [4.78, 5) is 17.8. The third-order valence-electron chi connectivity index (χ3n) is 3.07. The highest BCUT2D eigenvalue weighted by Gasteiger charge is 2.14. The summed E-state index contributed by atoms with van der Waals surface area (Å²) in [5.41, 5.74) is 11.6. The molecule has 1 aromatic carbocycles. The normalized spacial score (nSPS) is 10.7. The lowest BCUT2D eigenvalue weighted by atomic mass is 9.93. The fraction of sp³-hybridized carbons (Fsp3) is 0.286. The van der Waals surface area contributed by atoms with Gasteiger partial charge in [-0.15, -0.1) is 0 Å². The lowest BCUT2D eigenvalue weighted by Gasteiger charge is -2.14. The molecule has 0 radical (unpaired) electrons. The van der Waals surface area contributed by atoms with E-state index >= 15 is 0 Å². The van der Waals surface area contributed by atoms with Crippen LogP contribution in [0.5, 0.6) is 0 Å². The van der Waals surface area contributed by atoms with Crippen molar-refractivity contribution in [3.05, 3.63) is 45.0 Å². The van der Waals surface area contributed by atoms with Crippen molar-refractivity contribution in [1.82, 2.24) is 9.97 Å². The van der Waals surface area contributed by atoms with E-state index in [1.54, 1.807) is 0 Å². The zero-order valence-corrected chi connectivity index (χ0v) is 11.1. The van der Waals surface area contributed by atoms with Gasteiger partial charge < -0.3 is 10.7 Å². The number of H-pyrrole nitrogens is 1. The average Bonchev–Trinajstić information content (AvgIpc) is 2.20. The van der Waals surface area contributed by atoms with Crippen LogP contribution in [0.2, 0.25) is 0 Å². The number of nitrogen functional groups attached to an aromatic ring is 1. The van der Waals surface area contributed by atoms with Gasteiger partial charge in [0.05, 0.1) is 0 Å². The molecular formula is C14H17N3O. The highest BCUT2D eigenvalue weighted by Crippen LogP contribution is 2.32. The largest absolute Gasteiger partial charge is 0.383 e. The molecule has 4 nitrogen and oxygen atoms in total. The van der Waals surface area contributed by atoms with Gasteiger partial charge in [0.2, 0.25) is 0 Å². The zero-order chi connectivity index (χ0) is 13.4. The molecule has 0 aliphatic carbocycles. The molecule has 0 bridgehead atoms. The fourth-order valence-electron chi connectivity index (χ4n) is 2.50. The maximum atomic E-state index is 11.3. The van der Waals surface area contributed by atoms with Crippen LogP contribution in [-0.4, -0.2) is 9.97 Å². The number of aryl methyl sites for hydroxylation is 4. The minimum atomic E-state index is -0.406. The Kier molecular flexibility index (Phi) is 2.95. The number of anilines is 1. The Bertz CT molecular complexity index is 622. The van der Waals surface area contributed by atoms with Crippen molar-refractivity contribution in [1.29, 1.82) is 0 Å². The van der Waals surface area contributed by atoms with E-state index in [1.807, 2.05) is 20.8 Å². The molecule has 0 spiro atoms. The van der Waals surface area contributed by atoms with Crippen molar-refractivity contribution in [2.45, 2.75) is 27.7 Å². The van der Waals surface area contributed by atoms with Gasteiger partial charge in [0.25, 0.3) is 0 Å². The molecule has 0 aliphatic heterocycles. The third kappa shape index (κ3) is 2.01. The first-order valence-corrected chi connectivity index (χ1v) is 5.84. The van der Waals surface area contributed by atoms with E-state index in [0.29, 0.717) is 0 Å². The standard InChI is InChI=1S/C14H17N3O/c1-7-5-8(2)11(9(3)6-7)12-10(4)16-14(18)17-13(12)15/h5-6H,1-4H3,(H3,15,16,17,18). The first kappa shape index (κ1) is 12.4. The Hall–Kier alpha value is -2.10. The van der Waals surface area contributed by atoms with Crippen LogP contribution in [-0.2, 0) is 0 Å². The number of rotatable bonds is 1. The van der Waals surface area contributed by atoms with Crippen molar-refractivity contribution < 1.29 is 0 Å². The van der Waals surface area contributed by atoms with E-state index in [4.69, 9.17) is 5.73 Å². The molecular weight excluding hydrogens is 226 g/mol. The molecule has 0 fully saturated rings. The molecule has 0 atom stereocenters. The highest BCUT2D eigenvalue weighted by molar-refractivity contribution is 5.80. The van der Waals surface area contributed by atoms with Gasteiger partial charge in [-0.3, -0.25) is 0 Å². The fourth-order valence-corrected chi connectivity index (χ4v) is 2.50. The summed E-state index contributed by atoms with van der Waals surface area (Å²) < 4.78 is 0. The molecule has 2 aromatic rings. The van der Waals surface area contributed by atoms with Gasteiger partial charge in [-0.25, -0.2) is 4.79 Å². The maximum absolute atomic E-state index is 11.3. The predicted octanol–water partition coefficient (Wildman–Crippen LogP) is 2.25. The van der Waals surface area contributed by atoms with Gasteiger partial charge in [-0.05, 0) is 44.4 Å². The molecule has 0 amide bonds. The van der Waals surface area contributed by atoms with Gasteiger partial charge in [0, 0.05) is 11.3 Å². The predicted molar refractivity (Wildman–Crippen MR) is 73.7 cm³/mol. The monoisotopic (exact) mass is 243 g/mol. The van der Waals surface area contributed by atoms with Crippen LogP contribution in [0.1, 0.15) is 22.4 Å². The number of hydrogen-bond acceptors (Lipinski definition) is 3. The Morgan fingerprint density at radius 3 is 2.11 bits per heavy atom. The van der Waals surface area contributed by atoms with E-state index in [-0.39, 0.29) is 5.82 Å². The quantitative estimate of drug-likeness (QED) is 0.807. The molecule has 2 rings (SSSR count). The maximum Gasteiger partial charge on any atom is 0.347 e. The first-order valence-electron chi connectivity index (χ1n) is 5.84. The van der Waals surface area contributed by atoms with Crippen molar-refractivity contribution in [2.75, 3.05) is 5.73 Å². The average molecular weight is 243 g/mol. The van der Waals surface area contributed by atoms with E-state index in [0.717, 1.165) is 27.9 Å². The van der Waals surface area contributed by atoms with E-state index < -0.39 is 5.69 Å². The van der Waals surface area contributed by atoms with Crippen molar-refractivity contribution in [3.63, 3.8) is 0 Å². The summed E-state index contributed by atoms with van der Waals surface area (Å²) in [6, 6.07) is 4.21. The SMILES string of the molecule is Cc1cc(C)c(-c2c(N)nc(=O)[nH]c2C)c(C)c1. The van der Waals surface area contributed by atoms with Crippen LogP contribution in [0.4, 0.5) is 5.82 Å². The van der Waals surface area contributed by atoms with E-state index in [2.05, 4.69) is 29.0 Å². The smallest absolute Gasteiger partial charge is 0.347 e. The van der Waals surface area contributed by atoms with Crippen LogP contribution in [0.3, 0.4) is 0 Å². The zero-order valence-electron chi connectivity index (χ0n) is 11.1. The second-order valence-electron chi connectivity index (χ2n) is 4.70. The Balaban J connectivity index is 2.82. The molecule has 0 unspecified atom stereocenters. The summed E-state index contributed by atoms with van der Waals surface area (Å²) in [5.74, 6) is 0.284. The lowest BCUT2D eigenvalue weighted by Crippen LogP contribution is -2.16. The lowest BCUT2D eigenvalue weighted by molar-refractivity contribution is 1.04. The number of benzene rings is 1. The number of nitrogens with two attached hydrogens (primary N) is 1. The molecule has 94 valence electrons. The second-order valence-corrected chi connectivity index (χ2v) is 4.70. The number of nitrogens with one attached hydrogen (secondary N) is 1. The molecule has 4 heteroatoms. The Labute approximate surface area is 106 Å². The number of aromatic amines is 1. The van der Waals surface area contributed by atoms with E-state index in [1.165, 1.54) is 5.56 Å². The molecule has 0 saturated carbocycles. The van der Waals surface area contributed by atoms with Crippen molar-refractivity contribution >= 4 is 5.82 Å². The van der Waals surface area contributed by atoms with Crippen LogP contribution in [0.25, 0.3) is 11.1 Å². The molecule has 0 saturated heterocycles. The summed E-state index contributed by atoms with van der Waals surface area (Å²) >= 11 is 0. The van der Waals surface area contributed by atoms with Gasteiger partial charge in [-0.1, -0.05) is 17.7 Å². The third-order valence-corrected chi connectivity index (χ3v) is 3.07. The summed E-state index contributed by atoms with van der Waals surface area (Å²) in [5, 5.41) is 0. The van der Waals surface area contributed by atoms with Crippen molar-refractivity contribution in [3.8, 4) is 11.1 Å². The molecule has 3 N–H and O–H groups in total. The van der Waals surface area contributed by atoms with Gasteiger partial charge in [-0.2, -0.15) is 4.98 Å². The van der Waals surface area contributed by atoms with Gasteiger partial charge in [0.15, 0.2) is 0 Å². The molecule has 1 heterocycles. The number of nitrogens with zero attached hydrogens (tertiary/aromatic N) is 1. The summed E-state index contributed by atoms with van der Waals surface area (Å²) in [6.07, 6.45) is 0. The first-order chi connectivity index (χ1) is 8.40. The van der Waals surface area contributed by atoms with Gasteiger partial charge in [0.1, 0.15) is 5.82 Å². The van der Waals surface area contributed by atoms with Crippen LogP contribution in [0, 0.1) is 27.7 Å². The second kappa shape index (κ2) is 4.29. The summed E-state index contributed by atoms with van der Waals surface area (Å²) in [7, 11) is 0. The topological polar surface area (TPSA) is 71.8 Å². The van der Waals surface area contributed by atoms with Crippen molar-refractivity contribution in [2.24, 2.45) is 0 Å². The minimum absolute atomic E-state index is 0.284. The Morgan fingerprint density at radius 2 is 1.61 bits per heavy atom. The Morgan fingerprint density at radius 1 is 1.06 bits per heavy atom. The number of aromatic nitrogens is 2. The number of hydrogen-bond donors (Lipinski definition) is 2. The van der Waals surface area contributed by atoms with Gasteiger partial charge >= 0.3 is 5.69 Å². The molecule has 0 aliphatic rings. The highest BCUT2D eigenvalue weighted by atomic mass is 16.1. The molecule has 18 heavy (non-hydrogen) atoms. The van der Waals surface area contributed by atoms with Crippen LogP contribution >= 0.6 is 0 Å². The minimum Gasteiger partial charge on any atom is -0.383 e. The summed E-state index contributed by atoms with van der Waals surface area (Å²) in [6.45, 7) is 7.98. The van der Waals surface area contributed by atoms with E-state index in [9.17, 15) is 4.79 Å².